The maximum Gasteiger partial charge on any atom is 0.759 e. The molecule has 0 aromatic heterocycles. The molecule has 0 rings (SSSR count). The zero-order valence-corrected chi connectivity index (χ0v) is 12.0. The Morgan fingerprint density at radius 3 is 1.60 bits per heavy atom. The fourth-order valence-electron chi connectivity index (χ4n) is 0.784. The Morgan fingerprint density at radius 2 is 1.30 bits per heavy atom. The van der Waals surface area contributed by atoms with E-state index in [0.717, 1.165) is 0 Å². The molecule has 0 amide bonds. The Kier molecular flexibility index (Phi) is 10.5. The van der Waals surface area contributed by atoms with E-state index >= 15 is 0 Å². The molecule has 0 bridgehead atoms. The highest BCUT2D eigenvalue weighted by Crippen LogP contribution is 2.24. The molecule has 0 aliphatic heterocycles. The van der Waals surface area contributed by atoms with Gasteiger partial charge in [-0.05, 0) is 0 Å². The third-order valence-corrected chi connectivity index (χ3v) is 2.80. The van der Waals surface area contributed by atoms with E-state index in [9.17, 15) is 24.4 Å². The number of aliphatic hydroxyl groups is 2. The second kappa shape index (κ2) is 10.9. The number of carbonyl (C=O) groups is 2. The molecule has 0 aromatic carbocycles. The van der Waals surface area contributed by atoms with Crippen molar-refractivity contribution in [3.05, 3.63) is 0 Å². The molecule has 0 heterocycles. The molecule has 4 atom stereocenters. The second-order valence-electron chi connectivity index (χ2n) is 4.07. The molecule has 0 saturated heterocycles. The average Bonchev–Trinajstić information content (AvgIpc) is 2.44. The summed E-state index contributed by atoms with van der Waals surface area (Å²) in [5.41, 5.74) is 0. The summed E-state index contributed by atoms with van der Waals surface area (Å²) in [5.74, 6) is -1.32. The van der Waals surface area contributed by atoms with Crippen LogP contribution >= 0.6 is 8.25 Å². The highest BCUT2D eigenvalue weighted by Gasteiger charge is 2.27. The molecule has 20 heavy (non-hydrogen) atoms. The summed E-state index contributed by atoms with van der Waals surface area (Å²) in [5, 5.41) is 18.6. The Bertz CT molecular complexity index is 283. The lowest BCUT2D eigenvalue weighted by Gasteiger charge is -2.10. The first-order valence-electron chi connectivity index (χ1n) is 5.75. The van der Waals surface area contributed by atoms with Gasteiger partial charge in [0.25, 0.3) is 0 Å². The lowest BCUT2D eigenvalue weighted by Crippen LogP contribution is -2.24. The second-order valence-corrected chi connectivity index (χ2v) is 4.81. The van der Waals surface area contributed by atoms with Gasteiger partial charge in [-0.15, -0.1) is 0 Å². The summed E-state index contributed by atoms with van der Waals surface area (Å²) in [6.45, 7) is 2.18. The monoisotopic (exact) mass is 313 g/mol. The molecular formula is C10H18O9P+. The van der Waals surface area contributed by atoms with Gasteiger partial charge in [-0.1, -0.05) is 13.8 Å². The van der Waals surface area contributed by atoms with Crippen LogP contribution in [0.2, 0.25) is 0 Å². The topological polar surface area (TPSA) is 129 Å². The number of hydrogen-bond donors (Lipinski definition) is 2. The predicted molar refractivity (Wildman–Crippen MR) is 64.2 cm³/mol. The van der Waals surface area contributed by atoms with E-state index < -0.39 is 32.3 Å². The van der Waals surface area contributed by atoms with E-state index in [-0.39, 0.29) is 13.2 Å². The van der Waals surface area contributed by atoms with Crippen LogP contribution in [0.1, 0.15) is 13.8 Å². The van der Waals surface area contributed by atoms with Gasteiger partial charge in [-0.25, -0.2) is 0 Å². The van der Waals surface area contributed by atoms with E-state index in [4.69, 9.17) is 0 Å². The third-order valence-electron chi connectivity index (χ3n) is 2.35. The van der Waals surface area contributed by atoms with Crippen molar-refractivity contribution in [3.63, 3.8) is 0 Å². The molecule has 0 radical (unpaired) electrons. The molecule has 4 unspecified atom stereocenters. The first-order valence-corrected chi connectivity index (χ1v) is 6.85. The molecular weight excluding hydrogens is 295 g/mol. The Hall–Kier alpha value is -0.800. The Morgan fingerprint density at radius 1 is 0.950 bits per heavy atom. The molecule has 116 valence electrons. The van der Waals surface area contributed by atoms with Gasteiger partial charge >= 0.3 is 8.25 Å². The third kappa shape index (κ3) is 8.39. The van der Waals surface area contributed by atoms with Gasteiger partial charge in [0, 0.05) is 16.4 Å². The standard InChI is InChI=1S/C10H18O9P/c1-7(3-11)9(13)5-16-18-20(15)19-17-6-10(14)8(2)4-12/h3-4,7-10,13-14H,5-6H2,1-2H3/q+1. The quantitative estimate of drug-likeness (QED) is 0.220. The van der Waals surface area contributed by atoms with E-state index in [1.165, 1.54) is 13.8 Å². The van der Waals surface area contributed by atoms with Gasteiger partial charge < -0.3 is 19.8 Å². The number of aldehydes is 2. The van der Waals surface area contributed by atoms with Crippen LogP contribution in [-0.4, -0.2) is 48.2 Å². The van der Waals surface area contributed by atoms with Gasteiger partial charge in [-0.2, -0.15) is 9.78 Å². The molecule has 2 N–H and O–H groups in total. The van der Waals surface area contributed by atoms with Crippen molar-refractivity contribution < 1.29 is 43.5 Å². The zero-order valence-electron chi connectivity index (χ0n) is 11.1. The molecule has 0 saturated carbocycles. The van der Waals surface area contributed by atoms with E-state index in [0.29, 0.717) is 12.6 Å². The van der Waals surface area contributed by atoms with Crippen LogP contribution in [0.15, 0.2) is 0 Å². The van der Waals surface area contributed by atoms with Crippen LogP contribution < -0.4 is 0 Å². The van der Waals surface area contributed by atoms with Crippen LogP contribution in [0.25, 0.3) is 0 Å². The lowest BCUT2D eigenvalue weighted by atomic mass is 10.1. The van der Waals surface area contributed by atoms with E-state index in [1.807, 2.05) is 0 Å². The molecule has 9 nitrogen and oxygen atoms in total. The fourth-order valence-corrected chi connectivity index (χ4v) is 1.10. The summed E-state index contributed by atoms with van der Waals surface area (Å²) in [4.78, 5) is 29.4. The fraction of sp³-hybridized carbons (Fsp3) is 0.800. The zero-order chi connectivity index (χ0) is 15.5. The number of aliphatic hydroxyl groups excluding tert-OH is 2. The van der Waals surface area contributed by atoms with Crippen LogP contribution in [0.3, 0.4) is 0 Å². The largest absolute Gasteiger partial charge is 0.759 e. The van der Waals surface area contributed by atoms with Crippen LogP contribution in [0.4, 0.5) is 0 Å². The lowest BCUT2D eigenvalue weighted by molar-refractivity contribution is -0.274. The van der Waals surface area contributed by atoms with Gasteiger partial charge in [-0.3, -0.25) is 0 Å². The van der Waals surface area contributed by atoms with Crippen molar-refractivity contribution in [1.82, 2.24) is 0 Å². The Balaban J connectivity index is 3.69. The average molecular weight is 313 g/mol. The van der Waals surface area contributed by atoms with Crippen molar-refractivity contribution in [2.75, 3.05) is 13.2 Å². The van der Waals surface area contributed by atoms with Crippen molar-refractivity contribution in [3.8, 4) is 0 Å². The SMILES string of the molecule is CC(C=O)C(O)COO[P+](=O)OOCC(O)C(C)C=O. The predicted octanol–water partition coefficient (Wildman–Crippen LogP) is -0.0680. The molecule has 10 heteroatoms. The molecule has 0 spiro atoms. The molecule has 0 aromatic rings. The van der Waals surface area contributed by atoms with Gasteiger partial charge in [0.15, 0.2) is 0 Å². The number of carbonyl (C=O) groups excluding carboxylic acids is 2. The van der Waals surface area contributed by atoms with Crippen molar-refractivity contribution in [2.45, 2.75) is 26.1 Å². The number of rotatable bonds is 12. The maximum absolute atomic E-state index is 11.0. The van der Waals surface area contributed by atoms with Crippen molar-refractivity contribution >= 4 is 20.8 Å². The molecule has 0 aliphatic carbocycles. The minimum absolute atomic E-state index is 0.380. The summed E-state index contributed by atoms with van der Waals surface area (Å²) in [6, 6.07) is 0. The minimum atomic E-state index is -2.78. The minimum Gasteiger partial charge on any atom is -0.390 e. The van der Waals surface area contributed by atoms with E-state index in [2.05, 4.69) is 19.1 Å². The smallest absolute Gasteiger partial charge is 0.390 e. The summed E-state index contributed by atoms with van der Waals surface area (Å²) >= 11 is 0. The highest BCUT2D eigenvalue weighted by atomic mass is 31.1. The van der Waals surface area contributed by atoms with Crippen LogP contribution in [0, 0.1) is 11.8 Å². The van der Waals surface area contributed by atoms with Gasteiger partial charge in [0.2, 0.25) is 0 Å². The van der Waals surface area contributed by atoms with Gasteiger partial charge in [0.1, 0.15) is 25.8 Å². The normalized spacial score (nSPS) is 17.9. The molecule has 0 fully saturated rings. The summed E-state index contributed by atoms with van der Waals surface area (Å²) < 4.78 is 19.5. The Labute approximate surface area is 116 Å². The first-order chi connectivity index (χ1) is 9.42. The summed E-state index contributed by atoms with van der Waals surface area (Å²) in [7, 11) is -2.78. The van der Waals surface area contributed by atoms with Crippen LogP contribution in [0.5, 0.6) is 0 Å². The van der Waals surface area contributed by atoms with Crippen LogP contribution in [-0.2, 0) is 33.3 Å². The van der Waals surface area contributed by atoms with Gasteiger partial charge in [0.05, 0.1) is 21.6 Å². The van der Waals surface area contributed by atoms with Crippen molar-refractivity contribution in [2.24, 2.45) is 11.8 Å². The molecule has 0 aliphatic rings. The number of hydrogen-bond acceptors (Lipinski definition) is 9. The van der Waals surface area contributed by atoms with E-state index in [1.54, 1.807) is 0 Å². The first kappa shape index (κ1) is 19.2. The highest BCUT2D eigenvalue weighted by molar-refractivity contribution is 7.32. The summed E-state index contributed by atoms with van der Waals surface area (Å²) in [6.07, 6.45) is -1.15. The van der Waals surface area contributed by atoms with Crippen molar-refractivity contribution in [1.29, 1.82) is 0 Å². The maximum atomic E-state index is 11.0.